The zero-order chi connectivity index (χ0) is 19.7. The van der Waals surface area contributed by atoms with Gasteiger partial charge in [-0.2, -0.15) is 0 Å². The van der Waals surface area contributed by atoms with E-state index in [0.29, 0.717) is 21.6 Å². The van der Waals surface area contributed by atoms with Gasteiger partial charge >= 0.3 is 0 Å². The van der Waals surface area contributed by atoms with Crippen molar-refractivity contribution in [1.82, 2.24) is 4.98 Å². The Morgan fingerprint density at radius 1 is 1.14 bits per heavy atom. The maximum absolute atomic E-state index is 13.3. The van der Waals surface area contributed by atoms with Crippen LogP contribution in [0.1, 0.15) is 28.6 Å². The first kappa shape index (κ1) is 19.1. The van der Waals surface area contributed by atoms with Crippen LogP contribution in [0.3, 0.4) is 0 Å². The summed E-state index contributed by atoms with van der Waals surface area (Å²) < 4.78 is 1.02. The Kier molecular flexibility index (Phi) is 5.49. The van der Waals surface area contributed by atoms with E-state index in [-0.39, 0.29) is 5.91 Å². The van der Waals surface area contributed by atoms with Crippen LogP contribution in [0.25, 0.3) is 21.3 Å². The Bertz CT molecular complexity index is 1130. The number of amides is 1. The van der Waals surface area contributed by atoms with Gasteiger partial charge in [0.2, 0.25) is 0 Å². The first-order valence-corrected chi connectivity index (χ1v) is 11.2. The highest BCUT2D eigenvalue weighted by atomic mass is 35.5. The van der Waals surface area contributed by atoms with Crippen molar-refractivity contribution >= 4 is 55.4 Å². The van der Waals surface area contributed by atoms with E-state index in [0.717, 1.165) is 27.8 Å². The lowest BCUT2D eigenvalue weighted by atomic mass is 10.1. The zero-order valence-electron chi connectivity index (χ0n) is 15.6. The number of carbonyl (C=O) groups is 1. The van der Waals surface area contributed by atoms with Crippen LogP contribution in [0.2, 0.25) is 5.02 Å². The molecule has 6 heteroatoms. The van der Waals surface area contributed by atoms with Crippen LogP contribution in [-0.2, 0) is 0 Å². The number of thiazole rings is 1. The second-order valence-electron chi connectivity index (χ2n) is 6.58. The number of hydrogen-bond donors (Lipinski definition) is 0. The van der Waals surface area contributed by atoms with Crippen LogP contribution in [0.15, 0.2) is 53.9 Å². The number of nitrogens with zero attached hydrogens (tertiary/aromatic N) is 2. The maximum Gasteiger partial charge on any atom is 0.271 e. The van der Waals surface area contributed by atoms with E-state index in [2.05, 4.69) is 38.1 Å². The topological polar surface area (TPSA) is 33.2 Å². The minimum absolute atomic E-state index is 0.0853. The van der Waals surface area contributed by atoms with E-state index in [1.807, 2.05) is 29.6 Å². The van der Waals surface area contributed by atoms with Crippen LogP contribution < -0.4 is 4.90 Å². The van der Waals surface area contributed by atoms with Gasteiger partial charge in [-0.25, -0.2) is 4.98 Å². The summed E-state index contributed by atoms with van der Waals surface area (Å²) >= 11 is 9.47. The molecule has 0 spiro atoms. The molecular formula is C22H19ClN2OS2. The van der Waals surface area contributed by atoms with Crippen LogP contribution in [-0.4, -0.2) is 17.4 Å². The third kappa shape index (κ3) is 3.58. The van der Waals surface area contributed by atoms with Gasteiger partial charge in [-0.05, 0) is 19.4 Å². The van der Waals surface area contributed by atoms with Crippen molar-refractivity contribution < 1.29 is 4.79 Å². The largest absolute Gasteiger partial charge is 0.283 e. The van der Waals surface area contributed by atoms with Crippen LogP contribution in [0.4, 0.5) is 5.13 Å². The Morgan fingerprint density at radius 2 is 1.89 bits per heavy atom. The molecule has 28 heavy (non-hydrogen) atoms. The summed E-state index contributed by atoms with van der Waals surface area (Å²) in [5, 5.41) is 4.16. The number of thiophene rings is 1. The fourth-order valence-corrected chi connectivity index (χ4v) is 5.35. The SMILES string of the molecule is CCCN(C(=O)c1sc2ccccc2c1Cl)c1nc(-c2ccc(C)cc2)cs1. The molecule has 4 aromatic rings. The third-order valence-electron chi connectivity index (χ3n) is 4.49. The number of hydrogen-bond acceptors (Lipinski definition) is 4. The molecule has 0 saturated carbocycles. The number of carbonyl (C=O) groups excluding carboxylic acids is 1. The lowest BCUT2D eigenvalue weighted by molar-refractivity contribution is 0.0991. The standard InChI is InChI=1S/C22H19ClN2OS2/c1-3-12-25(21(26)20-19(23)16-6-4-5-7-18(16)28-20)22-24-17(13-27-22)15-10-8-14(2)9-11-15/h4-11,13H,3,12H2,1-2H3. The summed E-state index contributed by atoms with van der Waals surface area (Å²) in [6.45, 7) is 4.72. The fourth-order valence-electron chi connectivity index (χ4n) is 3.03. The highest BCUT2D eigenvalue weighted by molar-refractivity contribution is 7.22. The minimum Gasteiger partial charge on any atom is -0.283 e. The van der Waals surface area contributed by atoms with Crippen LogP contribution >= 0.6 is 34.3 Å². The Balaban J connectivity index is 1.69. The van der Waals surface area contributed by atoms with Gasteiger partial charge in [0, 0.05) is 27.6 Å². The molecule has 4 rings (SSSR count). The summed E-state index contributed by atoms with van der Waals surface area (Å²) in [4.78, 5) is 20.4. The molecule has 2 aromatic heterocycles. The van der Waals surface area contributed by atoms with Crippen molar-refractivity contribution in [3.63, 3.8) is 0 Å². The quantitative estimate of drug-likeness (QED) is 0.342. The molecule has 3 nitrogen and oxygen atoms in total. The van der Waals surface area contributed by atoms with Crippen molar-refractivity contribution in [2.75, 3.05) is 11.4 Å². The summed E-state index contributed by atoms with van der Waals surface area (Å²) in [6, 6.07) is 16.1. The smallest absolute Gasteiger partial charge is 0.271 e. The monoisotopic (exact) mass is 426 g/mol. The molecule has 2 heterocycles. The van der Waals surface area contributed by atoms with E-state index in [4.69, 9.17) is 16.6 Å². The lowest BCUT2D eigenvalue weighted by Crippen LogP contribution is -2.31. The second-order valence-corrected chi connectivity index (χ2v) is 8.85. The molecule has 0 atom stereocenters. The molecule has 0 aliphatic rings. The minimum atomic E-state index is -0.0853. The van der Waals surface area contributed by atoms with Crippen molar-refractivity contribution in [2.45, 2.75) is 20.3 Å². The van der Waals surface area contributed by atoms with E-state index >= 15 is 0 Å². The summed E-state index contributed by atoms with van der Waals surface area (Å²) in [7, 11) is 0. The highest BCUT2D eigenvalue weighted by Crippen LogP contribution is 2.37. The molecule has 2 aromatic carbocycles. The Labute approximate surface area is 177 Å². The first-order chi connectivity index (χ1) is 13.6. The predicted molar refractivity (Wildman–Crippen MR) is 121 cm³/mol. The molecule has 1 amide bonds. The van der Waals surface area contributed by atoms with E-state index in [9.17, 15) is 4.79 Å². The van der Waals surface area contributed by atoms with Gasteiger partial charge in [-0.3, -0.25) is 9.69 Å². The molecule has 0 aliphatic heterocycles. The third-order valence-corrected chi connectivity index (χ3v) is 7.02. The summed E-state index contributed by atoms with van der Waals surface area (Å²) in [6.07, 6.45) is 0.841. The average molecular weight is 427 g/mol. The van der Waals surface area contributed by atoms with Gasteiger partial charge in [-0.1, -0.05) is 66.6 Å². The first-order valence-electron chi connectivity index (χ1n) is 9.10. The molecule has 0 unspecified atom stereocenters. The van der Waals surface area contributed by atoms with Crippen LogP contribution in [0.5, 0.6) is 0 Å². The number of fused-ring (bicyclic) bond motifs is 1. The number of aryl methyl sites for hydroxylation is 1. The van der Waals surface area contributed by atoms with Crippen molar-refractivity contribution in [2.24, 2.45) is 0 Å². The van der Waals surface area contributed by atoms with E-state index in [1.54, 1.807) is 4.90 Å². The van der Waals surface area contributed by atoms with Gasteiger partial charge < -0.3 is 0 Å². The van der Waals surface area contributed by atoms with Gasteiger partial charge in [-0.15, -0.1) is 22.7 Å². The normalized spacial score (nSPS) is 11.1. The zero-order valence-corrected chi connectivity index (χ0v) is 18.0. The van der Waals surface area contributed by atoms with Gasteiger partial charge in [0.05, 0.1) is 10.7 Å². The van der Waals surface area contributed by atoms with Gasteiger partial charge in [0.1, 0.15) is 4.88 Å². The number of halogens is 1. The second kappa shape index (κ2) is 8.03. The molecule has 0 bridgehead atoms. The fraction of sp³-hybridized carbons (Fsp3) is 0.182. The number of benzene rings is 2. The predicted octanol–water partition coefficient (Wildman–Crippen LogP) is 7.04. The number of rotatable bonds is 5. The number of aromatic nitrogens is 1. The molecular weight excluding hydrogens is 408 g/mol. The average Bonchev–Trinajstić information content (AvgIpc) is 3.32. The van der Waals surface area contributed by atoms with Crippen molar-refractivity contribution in [1.29, 1.82) is 0 Å². The van der Waals surface area contributed by atoms with Crippen molar-refractivity contribution in [3.8, 4) is 11.3 Å². The van der Waals surface area contributed by atoms with Crippen molar-refractivity contribution in [3.05, 3.63) is 69.4 Å². The Hall–Kier alpha value is -2.21. The van der Waals surface area contributed by atoms with Crippen LogP contribution in [0, 0.1) is 6.92 Å². The highest BCUT2D eigenvalue weighted by Gasteiger charge is 2.25. The maximum atomic E-state index is 13.3. The molecule has 0 aliphatic carbocycles. The Morgan fingerprint density at radius 3 is 2.61 bits per heavy atom. The van der Waals surface area contributed by atoms with Gasteiger partial charge in [0.25, 0.3) is 5.91 Å². The van der Waals surface area contributed by atoms with E-state index < -0.39 is 0 Å². The molecule has 0 saturated heterocycles. The lowest BCUT2D eigenvalue weighted by Gasteiger charge is -2.18. The summed E-state index contributed by atoms with van der Waals surface area (Å²) in [5.74, 6) is -0.0853. The van der Waals surface area contributed by atoms with Gasteiger partial charge in [0.15, 0.2) is 5.13 Å². The summed E-state index contributed by atoms with van der Waals surface area (Å²) in [5.41, 5.74) is 3.15. The molecule has 0 radical (unpaired) electrons. The molecule has 0 fully saturated rings. The van der Waals surface area contributed by atoms with E-state index in [1.165, 1.54) is 28.2 Å². The number of anilines is 1. The molecule has 0 N–H and O–H groups in total. The molecule has 142 valence electrons.